The van der Waals surface area contributed by atoms with Crippen molar-refractivity contribution in [3.8, 4) is 5.75 Å². The van der Waals surface area contributed by atoms with Gasteiger partial charge in [-0.25, -0.2) is 0 Å². The second-order valence-electron chi connectivity index (χ2n) is 4.35. The van der Waals surface area contributed by atoms with Crippen LogP contribution in [0.25, 0.3) is 0 Å². The summed E-state index contributed by atoms with van der Waals surface area (Å²) in [5.74, 6) is 0.939. The Kier molecular flexibility index (Phi) is 3.34. The van der Waals surface area contributed by atoms with Crippen molar-refractivity contribution in [3.05, 3.63) is 23.8 Å². The van der Waals surface area contributed by atoms with E-state index >= 15 is 0 Å². The van der Waals surface area contributed by atoms with Crippen LogP contribution in [0.3, 0.4) is 0 Å². The summed E-state index contributed by atoms with van der Waals surface area (Å²) in [7, 11) is 3.48. The molecular formula is C13H19NO2. The minimum atomic E-state index is 0.442. The normalized spacial score (nSPS) is 23.7. The lowest BCUT2D eigenvalue weighted by atomic mass is 9.89. The van der Waals surface area contributed by atoms with Gasteiger partial charge in [0.25, 0.3) is 0 Å². The quantitative estimate of drug-likeness (QED) is 0.847. The Morgan fingerprint density at radius 3 is 2.56 bits per heavy atom. The molecule has 0 saturated heterocycles. The minimum absolute atomic E-state index is 0.442. The average molecular weight is 221 g/mol. The lowest BCUT2D eigenvalue weighted by Crippen LogP contribution is -2.40. The fourth-order valence-corrected chi connectivity index (χ4v) is 2.08. The van der Waals surface area contributed by atoms with E-state index in [0.29, 0.717) is 12.1 Å². The van der Waals surface area contributed by atoms with Crippen LogP contribution in [-0.4, -0.2) is 26.4 Å². The van der Waals surface area contributed by atoms with Crippen LogP contribution in [0.15, 0.2) is 18.2 Å². The second kappa shape index (κ2) is 4.74. The summed E-state index contributed by atoms with van der Waals surface area (Å²) in [6, 6.07) is 6.74. The summed E-state index contributed by atoms with van der Waals surface area (Å²) in [4.78, 5) is 0. The largest absolute Gasteiger partial charge is 0.496 e. The summed E-state index contributed by atoms with van der Waals surface area (Å²) in [6.07, 6.45) is 2.64. The first kappa shape index (κ1) is 11.3. The summed E-state index contributed by atoms with van der Waals surface area (Å²) >= 11 is 0. The number of methoxy groups -OCH3 is 2. The van der Waals surface area contributed by atoms with E-state index < -0.39 is 0 Å². The maximum Gasteiger partial charge on any atom is 0.121 e. The molecule has 0 heterocycles. The van der Waals surface area contributed by atoms with Crippen LogP contribution in [0, 0.1) is 6.92 Å². The highest BCUT2D eigenvalue weighted by molar-refractivity contribution is 5.51. The Morgan fingerprint density at radius 2 is 2.00 bits per heavy atom. The molecule has 1 saturated carbocycles. The van der Waals surface area contributed by atoms with Gasteiger partial charge in [-0.05, 0) is 43.5 Å². The number of benzene rings is 1. The average Bonchev–Trinajstić information content (AvgIpc) is 2.23. The van der Waals surface area contributed by atoms with E-state index in [4.69, 9.17) is 9.47 Å². The second-order valence-corrected chi connectivity index (χ2v) is 4.35. The maximum atomic E-state index is 5.25. The van der Waals surface area contributed by atoms with E-state index in [1.807, 2.05) is 6.07 Å². The third-order valence-electron chi connectivity index (χ3n) is 3.19. The molecule has 0 amide bonds. The third-order valence-corrected chi connectivity index (χ3v) is 3.19. The van der Waals surface area contributed by atoms with Crippen molar-refractivity contribution in [2.75, 3.05) is 19.5 Å². The first-order valence-electron chi connectivity index (χ1n) is 5.67. The zero-order chi connectivity index (χ0) is 11.5. The molecule has 0 bridgehead atoms. The molecule has 1 fully saturated rings. The van der Waals surface area contributed by atoms with Crippen LogP contribution in [0.1, 0.15) is 18.4 Å². The molecule has 1 aliphatic carbocycles. The number of hydrogen-bond acceptors (Lipinski definition) is 3. The molecule has 2 rings (SSSR count). The van der Waals surface area contributed by atoms with Crippen LogP contribution in [0.2, 0.25) is 0 Å². The topological polar surface area (TPSA) is 30.5 Å². The van der Waals surface area contributed by atoms with Crippen molar-refractivity contribution in [1.82, 2.24) is 0 Å². The van der Waals surface area contributed by atoms with Crippen LogP contribution in [0.5, 0.6) is 5.75 Å². The third kappa shape index (κ3) is 2.30. The lowest BCUT2D eigenvalue weighted by molar-refractivity contribution is 0.0329. The van der Waals surface area contributed by atoms with Crippen molar-refractivity contribution in [3.63, 3.8) is 0 Å². The highest BCUT2D eigenvalue weighted by Gasteiger charge is 2.28. The molecule has 3 nitrogen and oxygen atoms in total. The Morgan fingerprint density at radius 1 is 1.25 bits per heavy atom. The van der Waals surface area contributed by atoms with Gasteiger partial charge in [-0.1, -0.05) is 0 Å². The SMILES string of the molecule is COc1ccc(NC2CC(OC)C2)cc1C. The number of rotatable bonds is 4. The van der Waals surface area contributed by atoms with Gasteiger partial charge in [-0.15, -0.1) is 0 Å². The predicted molar refractivity (Wildman–Crippen MR) is 65.2 cm³/mol. The van der Waals surface area contributed by atoms with Crippen LogP contribution in [-0.2, 0) is 4.74 Å². The van der Waals surface area contributed by atoms with Gasteiger partial charge >= 0.3 is 0 Å². The molecular weight excluding hydrogens is 202 g/mol. The van der Waals surface area contributed by atoms with Gasteiger partial charge in [0, 0.05) is 18.8 Å². The first-order chi connectivity index (χ1) is 7.72. The van der Waals surface area contributed by atoms with Gasteiger partial charge in [-0.2, -0.15) is 0 Å². The highest BCUT2D eigenvalue weighted by atomic mass is 16.5. The Bertz CT molecular complexity index is 359. The molecule has 0 aliphatic heterocycles. The molecule has 0 atom stereocenters. The molecule has 1 N–H and O–H groups in total. The zero-order valence-electron chi connectivity index (χ0n) is 10.1. The van der Waals surface area contributed by atoms with Crippen molar-refractivity contribution in [1.29, 1.82) is 0 Å². The maximum absolute atomic E-state index is 5.25. The van der Waals surface area contributed by atoms with Crippen molar-refractivity contribution in [2.45, 2.75) is 31.9 Å². The van der Waals surface area contributed by atoms with Gasteiger partial charge < -0.3 is 14.8 Å². The van der Waals surface area contributed by atoms with Gasteiger partial charge in [0.15, 0.2) is 0 Å². The molecule has 3 heteroatoms. The van der Waals surface area contributed by atoms with E-state index in [0.717, 1.165) is 29.8 Å². The molecule has 16 heavy (non-hydrogen) atoms. The number of ether oxygens (including phenoxy) is 2. The minimum Gasteiger partial charge on any atom is -0.496 e. The fraction of sp³-hybridized carbons (Fsp3) is 0.538. The summed E-state index contributed by atoms with van der Waals surface area (Å²) in [6.45, 7) is 2.06. The van der Waals surface area contributed by atoms with Gasteiger partial charge in [-0.3, -0.25) is 0 Å². The summed E-state index contributed by atoms with van der Waals surface area (Å²) in [5.41, 5.74) is 2.33. The monoisotopic (exact) mass is 221 g/mol. The van der Waals surface area contributed by atoms with Crippen molar-refractivity contribution < 1.29 is 9.47 Å². The van der Waals surface area contributed by atoms with Gasteiger partial charge in [0.2, 0.25) is 0 Å². The standard InChI is InChI=1S/C13H19NO2/c1-9-6-10(4-5-13(9)16-3)14-11-7-12(8-11)15-2/h4-6,11-12,14H,7-8H2,1-3H3. The number of anilines is 1. The lowest BCUT2D eigenvalue weighted by Gasteiger charge is -2.35. The molecule has 0 aromatic heterocycles. The Hall–Kier alpha value is -1.22. The van der Waals surface area contributed by atoms with E-state index in [1.165, 1.54) is 0 Å². The smallest absolute Gasteiger partial charge is 0.121 e. The highest BCUT2D eigenvalue weighted by Crippen LogP contribution is 2.28. The van der Waals surface area contributed by atoms with E-state index in [9.17, 15) is 0 Å². The van der Waals surface area contributed by atoms with E-state index in [-0.39, 0.29) is 0 Å². The Balaban J connectivity index is 1.93. The zero-order valence-corrected chi connectivity index (χ0v) is 10.1. The van der Waals surface area contributed by atoms with E-state index in [2.05, 4.69) is 24.4 Å². The molecule has 1 aromatic carbocycles. The van der Waals surface area contributed by atoms with Gasteiger partial charge in [0.05, 0.1) is 13.2 Å². The van der Waals surface area contributed by atoms with Crippen molar-refractivity contribution in [2.24, 2.45) is 0 Å². The van der Waals surface area contributed by atoms with E-state index in [1.54, 1.807) is 14.2 Å². The molecule has 0 unspecified atom stereocenters. The number of nitrogens with one attached hydrogen (secondary N) is 1. The predicted octanol–water partition coefficient (Wildman–Crippen LogP) is 2.59. The molecule has 88 valence electrons. The van der Waals surface area contributed by atoms with Crippen molar-refractivity contribution >= 4 is 5.69 Å². The van der Waals surface area contributed by atoms with Crippen LogP contribution >= 0.6 is 0 Å². The number of hydrogen-bond donors (Lipinski definition) is 1. The number of aryl methyl sites for hydroxylation is 1. The summed E-state index contributed by atoms with van der Waals surface area (Å²) in [5, 5.41) is 3.50. The molecule has 1 aliphatic rings. The van der Waals surface area contributed by atoms with Crippen LogP contribution < -0.4 is 10.1 Å². The Labute approximate surface area is 96.8 Å². The molecule has 1 aromatic rings. The molecule has 0 radical (unpaired) electrons. The summed E-state index contributed by atoms with van der Waals surface area (Å²) < 4.78 is 10.5. The van der Waals surface area contributed by atoms with Gasteiger partial charge in [0.1, 0.15) is 5.75 Å². The van der Waals surface area contributed by atoms with Crippen LogP contribution in [0.4, 0.5) is 5.69 Å². The molecule has 0 spiro atoms. The fourth-order valence-electron chi connectivity index (χ4n) is 2.08. The first-order valence-corrected chi connectivity index (χ1v) is 5.67.